The molecule has 1 aromatic rings. The van der Waals surface area contributed by atoms with Gasteiger partial charge in [-0.25, -0.2) is 4.79 Å². The van der Waals surface area contributed by atoms with Crippen LogP contribution in [0.4, 0.5) is 0 Å². The molecule has 0 aliphatic rings. The molecule has 0 saturated carbocycles. The lowest BCUT2D eigenvalue weighted by molar-refractivity contribution is 0.0696. The van der Waals surface area contributed by atoms with Crippen LogP contribution in [0, 0.1) is 36.1 Å². The van der Waals surface area contributed by atoms with E-state index in [1.54, 1.807) is 12.1 Å². The Morgan fingerprint density at radius 2 is 1.64 bits per heavy atom. The van der Waals surface area contributed by atoms with Crippen molar-refractivity contribution in [3.8, 4) is 0 Å². The third-order valence-electron chi connectivity index (χ3n) is 1.84. The molecule has 0 unspecified atom stereocenters. The smallest absolute Gasteiger partial charge is 0.335 e. The van der Waals surface area contributed by atoms with Crippen LogP contribution in [-0.2, 0) is 0 Å². The molecule has 0 aliphatic carbocycles. The van der Waals surface area contributed by atoms with Crippen molar-refractivity contribution in [2.45, 2.75) is 13.8 Å². The summed E-state index contributed by atoms with van der Waals surface area (Å²) in [6.45, 7) is 3.72. The van der Waals surface area contributed by atoms with Crippen molar-refractivity contribution < 1.29 is 9.90 Å². The first-order valence-electron chi connectivity index (χ1n) is 3.42. The third kappa shape index (κ3) is 3.60. The summed E-state index contributed by atoms with van der Waals surface area (Å²) < 4.78 is 0. The Bertz CT molecular complexity index is 290. The van der Waals surface area contributed by atoms with Gasteiger partial charge in [-0.15, -0.1) is 0 Å². The second-order valence-electron chi connectivity index (χ2n) is 2.55. The van der Waals surface area contributed by atoms with E-state index < -0.39 is 5.97 Å². The van der Waals surface area contributed by atoms with Gasteiger partial charge in [0.05, 0.1) is 5.56 Å². The molecule has 0 aromatic heterocycles. The van der Waals surface area contributed by atoms with E-state index in [1.165, 1.54) is 0 Å². The highest BCUT2D eigenvalue weighted by atomic mass is 16.4. The summed E-state index contributed by atoms with van der Waals surface area (Å²) in [5.41, 5.74) is 2.26. The second kappa shape index (κ2) is 7.13. The normalized spacial score (nSPS) is 7.57. The summed E-state index contributed by atoms with van der Waals surface area (Å²) in [6, 6.07) is 5.28. The van der Waals surface area contributed by atoms with Crippen molar-refractivity contribution in [3.05, 3.63) is 57.2 Å². The maximum absolute atomic E-state index is 10.6. The zero-order chi connectivity index (χ0) is 8.43. The molecule has 0 saturated heterocycles. The Morgan fingerprint density at radius 3 is 2.00 bits per heavy atom. The van der Waals surface area contributed by atoms with E-state index in [2.05, 4.69) is 0 Å². The molecule has 2 heteroatoms. The molecule has 14 heavy (non-hydrogen) atoms. The fraction of sp³-hybridized carbons (Fsp3) is 0.167. The van der Waals surface area contributed by atoms with E-state index in [0.717, 1.165) is 11.1 Å². The fourth-order valence-electron chi connectivity index (χ4n) is 0.983. The lowest BCUT2D eigenvalue weighted by atomic mass is 10.0. The molecule has 0 fully saturated rings. The second-order valence-corrected chi connectivity index (χ2v) is 2.55. The molecule has 1 aromatic carbocycles. The topological polar surface area (TPSA) is 37.3 Å². The maximum atomic E-state index is 10.6. The van der Waals surface area contributed by atoms with Gasteiger partial charge in [0.2, 0.25) is 0 Å². The van der Waals surface area contributed by atoms with Crippen LogP contribution in [0.2, 0.25) is 0 Å². The van der Waals surface area contributed by atoms with Crippen molar-refractivity contribution in [2.24, 2.45) is 0 Å². The summed E-state index contributed by atoms with van der Waals surface area (Å²) in [6.07, 6.45) is 0. The van der Waals surface area contributed by atoms with Gasteiger partial charge in [-0.2, -0.15) is 0 Å². The van der Waals surface area contributed by atoms with E-state index in [1.807, 2.05) is 19.9 Å². The quantitative estimate of drug-likeness (QED) is 0.730. The number of carboxylic acid groups (broad SMARTS) is 1. The van der Waals surface area contributed by atoms with Crippen LogP contribution in [0.3, 0.4) is 0 Å². The summed E-state index contributed by atoms with van der Waals surface area (Å²) in [7, 11) is 0. The third-order valence-corrected chi connectivity index (χ3v) is 1.84. The van der Waals surface area contributed by atoms with Crippen LogP contribution < -0.4 is 0 Å². The number of carbonyl (C=O) groups is 1. The minimum Gasteiger partial charge on any atom is -0.478 e. The molecule has 0 heterocycles. The predicted octanol–water partition coefficient (Wildman–Crippen LogP) is 2.25. The average Bonchev–Trinajstić information content (AvgIpc) is 1.94. The Labute approximate surface area is 87.6 Å². The molecule has 1 rings (SSSR count). The van der Waals surface area contributed by atoms with Crippen molar-refractivity contribution >= 4 is 5.97 Å². The van der Waals surface area contributed by atoms with Crippen molar-refractivity contribution in [2.75, 3.05) is 0 Å². The molecular weight excluding hydrogens is 176 g/mol. The highest BCUT2D eigenvalue weighted by Crippen LogP contribution is 2.11. The van der Waals surface area contributed by atoms with Gasteiger partial charge in [-0.05, 0) is 31.0 Å². The summed E-state index contributed by atoms with van der Waals surface area (Å²) in [4.78, 5) is 10.6. The number of aryl methyl sites for hydroxylation is 1. The lowest BCUT2D eigenvalue weighted by Gasteiger charge is -2.02. The molecule has 0 spiro atoms. The molecule has 1 N–H and O–H groups in total. The maximum Gasteiger partial charge on any atom is 0.335 e. The van der Waals surface area contributed by atoms with Gasteiger partial charge >= 0.3 is 5.97 Å². The van der Waals surface area contributed by atoms with Gasteiger partial charge in [-0.1, -0.05) is 12.1 Å². The minimum absolute atomic E-state index is 0. The summed E-state index contributed by atoms with van der Waals surface area (Å²) >= 11 is 0. The van der Waals surface area contributed by atoms with Crippen molar-refractivity contribution in [3.63, 3.8) is 0 Å². The lowest BCUT2D eigenvalue weighted by Crippen LogP contribution is -2.00. The monoisotopic (exact) mass is 186 g/mol. The van der Waals surface area contributed by atoms with Crippen LogP contribution in [0.1, 0.15) is 21.5 Å². The molecular formula is C12H10O2. The highest BCUT2D eigenvalue weighted by Gasteiger charge is 2.06. The largest absolute Gasteiger partial charge is 0.478 e. The Morgan fingerprint density at radius 1 is 1.14 bits per heavy atom. The number of hydrogen-bond acceptors (Lipinski definition) is 1. The number of hydrogen-bond donors (Lipinski definition) is 1. The van der Waals surface area contributed by atoms with Gasteiger partial charge in [-0.3, -0.25) is 0 Å². The molecule has 0 bridgehead atoms. The summed E-state index contributed by atoms with van der Waals surface area (Å²) in [5.74, 6) is -0.855. The van der Waals surface area contributed by atoms with Gasteiger partial charge in [0.25, 0.3) is 0 Å². The first-order chi connectivity index (χ1) is 5.13. The molecule has 12 radical (unpaired) electrons. The summed E-state index contributed by atoms with van der Waals surface area (Å²) in [5, 5.41) is 8.69. The molecule has 70 valence electrons. The SMILES string of the molecule is Cc1cccc(C(=O)O)c1C.[C].[C].[C]. The van der Waals surface area contributed by atoms with Crippen LogP contribution in [-0.4, -0.2) is 11.1 Å². The van der Waals surface area contributed by atoms with E-state index in [0.29, 0.717) is 5.56 Å². The first-order valence-corrected chi connectivity index (χ1v) is 3.42. The number of carboxylic acids is 1. The van der Waals surface area contributed by atoms with E-state index >= 15 is 0 Å². The Balaban J connectivity index is -0.000000403. The van der Waals surface area contributed by atoms with Crippen molar-refractivity contribution in [1.29, 1.82) is 0 Å². The fourth-order valence-corrected chi connectivity index (χ4v) is 0.983. The van der Waals surface area contributed by atoms with E-state index in [-0.39, 0.29) is 22.3 Å². The van der Waals surface area contributed by atoms with Crippen LogP contribution in [0.5, 0.6) is 0 Å². The van der Waals surface area contributed by atoms with Crippen LogP contribution in [0.15, 0.2) is 18.2 Å². The van der Waals surface area contributed by atoms with E-state index in [4.69, 9.17) is 5.11 Å². The van der Waals surface area contributed by atoms with Crippen LogP contribution >= 0.6 is 0 Å². The number of rotatable bonds is 1. The zero-order valence-electron chi connectivity index (χ0n) is 8.09. The van der Waals surface area contributed by atoms with Gasteiger partial charge in [0, 0.05) is 22.3 Å². The molecule has 0 amide bonds. The van der Waals surface area contributed by atoms with E-state index in [9.17, 15) is 4.79 Å². The number of benzene rings is 1. The highest BCUT2D eigenvalue weighted by molar-refractivity contribution is 5.89. The van der Waals surface area contributed by atoms with Crippen LogP contribution in [0.25, 0.3) is 0 Å². The Hall–Kier alpha value is -1.31. The first kappa shape index (κ1) is 18.5. The molecule has 2 nitrogen and oxygen atoms in total. The van der Waals surface area contributed by atoms with Gasteiger partial charge in [0.1, 0.15) is 0 Å². The molecule has 0 atom stereocenters. The van der Waals surface area contributed by atoms with Gasteiger partial charge in [0.15, 0.2) is 0 Å². The zero-order valence-corrected chi connectivity index (χ0v) is 8.09. The Kier molecular flexibility index (Phi) is 9.40. The molecule has 0 aliphatic heterocycles. The van der Waals surface area contributed by atoms with Crippen molar-refractivity contribution in [1.82, 2.24) is 0 Å². The standard InChI is InChI=1S/C9H10O2.3C/c1-6-4-3-5-8(7(6)2)9(10)11;;;/h3-5H,1-2H3,(H,10,11);;;. The predicted molar refractivity (Wildman–Crippen MR) is 52.6 cm³/mol. The average molecular weight is 186 g/mol. The van der Waals surface area contributed by atoms with Gasteiger partial charge < -0.3 is 5.11 Å². The number of aromatic carboxylic acids is 1. The minimum atomic E-state index is -0.855.